The van der Waals surface area contributed by atoms with E-state index in [1.54, 1.807) is 0 Å². The van der Waals surface area contributed by atoms with Crippen molar-refractivity contribution in [3.8, 4) is 0 Å². The number of nitrogens with one attached hydrogen (secondary N) is 1. The molecule has 108 valence electrons. The van der Waals surface area contributed by atoms with Crippen molar-refractivity contribution in [1.29, 1.82) is 0 Å². The maximum atomic E-state index is 12.2. The van der Waals surface area contributed by atoms with Gasteiger partial charge in [0.1, 0.15) is 6.54 Å². The van der Waals surface area contributed by atoms with Gasteiger partial charge in [-0.1, -0.05) is 6.07 Å². The summed E-state index contributed by atoms with van der Waals surface area (Å²) in [6.07, 6.45) is 6.18. The second kappa shape index (κ2) is 5.40. The lowest BCUT2D eigenvalue weighted by Crippen LogP contribution is -2.12. The third-order valence-corrected chi connectivity index (χ3v) is 3.55. The first-order chi connectivity index (χ1) is 10.1. The molecule has 1 aliphatic rings. The lowest BCUT2D eigenvalue weighted by molar-refractivity contribution is -0.137. The molecular weight excluding hydrogens is 270 g/mol. The number of anilines is 1. The van der Waals surface area contributed by atoms with Crippen LogP contribution in [0.4, 0.5) is 5.69 Å². The summed E-state index contributed by atoms with van der Waals surface area (Å²) in [6, 6.07) is 5.76. The fraction of sp³-hybridized carbons (Fsp3) is 0.267. The Morgan fingerprint density at radius 2 is 2.10 bits per heavy atom. The number of hydrogen-bond donors (Lipinski definition) is 2. The maximum absolute atomic E-state index is 12.2. The zero-order chi connectivity index (χ0) is 14.8. The van der Waals surface area contributed by atoms with Crippen molar-refractivity contribution in [2.75, 3.05) is 5.32 Å². The Hall–Kier alpha value is -2.63. The molecule has 0 bridgehead atoms. The Labute approximate surface area is 121 Å². The predicted molar refractivity (Wildman–Crippen MR) is 76.3 cm³/mol. The summed E-state index contributed by atoms with van der Waals surface area (Å²) in [5, 5.41) is 15.3. The predicted octanol–water partition coefficient (Wildman–Crippen LogP) is 1.71. The van der Waals surface area contributed by atoms with E-state index in [4.69, 9.17) is 5.11 Å². The molecule has 2 aromatic rings. The van der Waals surface area contributed by atoms with E-state index in [2.05, 4.69) is 10.4 Å². The Balaban J connectivity index is 1.71. The van der Waals surface area contributed by atoms with E-state index in [0.29, 0.717) is 11.3 Å². The second-order valence-electron chi connectivity index (χ2n) is 5.11. The van der Waals surface area contributed by atoms with Crippen LogP contribution in [0.2, 0.25) is 0 Å². The van der Waals surface area contributed by atoms with E-state index in [1.165, 1.54) is 28.2 Å². The van der Waals surface area contributed by atoms with Gasteiger partial charge >= 0.3 is 5.97 Å². The van der Waals surface area contributed by atoms with E-state index in [-0.39, 0.29) is 12.5 Å². The summed E-state index contributed by atoms with van der Waals surface area (Å²) in [6.45, 7) is -0.227. The molecule has 2 N–H and O–H groups in total. The highest BCUT2D eigenvalue weighted by molar-refractivity contribution is 6.04. The Bertz CT molecular complexity index is 706. The van der Waals surface area contributed by atoms with Gasteiger partial charge in [-0.25, -0.2) is 0 Å². The molecule has 1 aromatic carbocycles. The third kappa shape index (κ3) is 2.94. The van der Waals surface area contributed by atoms with Crippen molar-refractivity contribution < 1.29 is 14.7 Å². The van der Waals surface area contributed by atoms with Gasteiger partial charge in [0.15, 0.2) is 0 Å². The van der Waals surface area contributed by atoms with Crippen molar-refractivity contribution in [2.45, 2.75) is 25.8 Å². The van der Waals surface area contributed by atoms with E-state index < -0.39 is 5.97 Å². The van der Waals surface area contributed by atoms with Gasteiger partial charge in [0, 0.05) is 11.8 Å². The number of carbonyl (C=O) groups is 2. The van der Waals surface area contributed by atoms with Crippen molar-refractivity contribution in [3.05, 3.63) is 47.3 Å². The maximum Gasteiger partial charge on any atom is 0.325 e. The lowest BCUT2D eigenvalue weighted by Gasteiger charge is -2.05. The van der Waals surface area contributed by atoms with Crippen LogP contribution in [0.5, 0.6) is 0 Å². The topological polar surface area (TPSA) is 84.2 Å². The van der Waals surface area contributed by atoms with Gasteiger partial charge in [0.2, 0.25) is 0 Å². The first-order valence-electron chi connectivity index (χ1n) is 6.79. The molecule has 0 radical (unpaired) electrons. The van der Waals surface area contributed by atoms with Crippen LogP contribution in [-0.4, -0.2) is 26.8 Å². The molecule has 0 aliphatic heterocycles. The molecule has 3 rings (SSSR count). The molecule has 0 spiro atoms. The van der Waals surface area contributed by atoms with Gasteiger partial charge in [-0.2, -0.15) is 5.10 Å². The van der Waals surface area contributed by atoms with Crippen molar-refractivity contribution in [3.63, 3.8) is 0 Å². The van der Waals surface area contributed by atoms with Crippen LogP contribution in [0.15, 0.2) is 30.6 Å². The van der Waals surface area contributed by atoms with Gasteiger partial charge in [0.25, 0.3) is 5.91 Å². The van der Waals surface area contributed by atoms with Crippen molar-refractivity contribution in [1.82, 2.24) is 9.78 Å². The van der Waals surface area contributed by atoms with Crippen molar-refractivity contribution >= 4 is 17.6 Å². The van der Waals surface area contributed by atoms with Gasteiger partial charge in [-0.05, 0) is 42.5 Å². The zero-order valence-corrected chi connectivity index (χ0v) is 11.4. The third-order valence-electron chi connectivity index (χ3n) is 3.55. The van der Waals surface area contributed by atoms with Crippen LogP contribution < -0.4 is 5.32 Å². The van der Waals surface area contributed by atoms with Gasteiger partial charge in [-0.15, -0.1) is 0 Å². The first kappa shape index (κ1) is 13.4. The van der Waals surface area contributed by atoms with Crippen LogP contribution in [0.1, 0.15) is 27.9 Å². The quantitative estimate of drug-likeness (QED) is 0.895. The SMILES string of the molecule is O=C(O)Cn1cc(NC(=O)c2ccc3c(c2)CCC3)cn1. The number of carboxylic acids is 1. The summed E-state index contributed by atoms with van der Waals surface area (Å²) in [5.41, 5.74) is 3.66. The largest absolute Gasteiger partial charge is 0.480 e. The number of fused-ring (bicyclic) bond motifs is 1. The van der Waals surface area contributed by atoms with Crippen molar-refractivity contribution in [2.24, 2.45) is 0 Å². The first-order valence-corrected chi connectivity index (χ1v) is 6.79. The Morgan fingerprint density at radius 3 is 2.90 bits per heavy atom. The number of carbonyl (C=O) groups excluding carboxylic acids is 1. The summed E-state index contributed by atoms with van der Waals surface area (Å²) < 4.78 is 1.26. The molecule has 0 fully saturated rings. The number of aromatic nitrogens is 2. The highest BCUT2D eigenvalue weighted by atomic mass is 16.4. The van der Waals surface area contributed by atoms with E-state index in [1.807, 2.05) is 18.2 Å². The number of carboxylic acid groups (broad SMARTS) is 1. The molecule has 6 heteroatoms. The number of rotatable bonds is 4. The molecule has 1 amide bonds. The molecule has 1 aromatic heterocycles. The minimum atomic E-state index is -0.977. The van der Waals surface area contributed by atoms with Gasteiger partial charge in [-0.3, -0.25) is 14.3 Å². The molecule has 1 heterocycles. The van der Waals surface area contributed by atoms with Crippen LogP contribution >= 0.6 is 0 Å². The standard InChI is InChI=1S/C15H15N3O3/c19-14(20)9-18-8-13(7-16-18)17-15(21)12-5-4-10-2-1-3-11(10)6-12/h4-8H,1-3,9H2,(H,17,21)(H,19,20). The fourth-order valence-corrected chi connectivity index (χ4v) is 2.57. The zero-order valence-electron chi connectivity index (χ0n) is 11.4. The molecule has 21 heavy (non-hydrogen) atoms. The summed E-state index contributed by atoms with van der Waals surface area (Å²) in [7, 11) is 0. The van der Waals surface area contributed by atoms with Crippen LogP contribution in [-0.2, 0) is 24.2 Å². The number of benzene rings is 1. The lowest BCUT2D eigenvalue weighted by atomic mass is 10.1. The molecule has 6 nitrogen and oxygen atoms in total. The van der Waals surface area contributed by atoms with Gasteiger partial charge < -0.3 is 10.4 Å². The normalized spacial score (nSPS) is 13.0. The van der Waals surface area contributed by atoms with E-state index in [9.17, 15) is 9.59 Å². The van der Waals surface area contributed by atoms with Gasteiger partial charge in [0.05, 0.1) is 11.9 Å². The average Bonchev–Trinajstić information content (AvgIpc) is 3.06. The van der Waals surface area contributed by atoms with Crippen LogP contribution in [0.25, 0.3) is 0 Å². The molecule has 1 aliphatic carbocycles. The number of nitrogens with zero attached hydrogens (tertiary/aromatic N) is 2. The highest BCUT2D eigenvalue weighted by Crippen LogP contribution is 2.23. The van der Waals surface area contributed by atoms with Crippen LogP contribution in [0, 0.1) is 0 Å². The molecular formula is C15H15N3O3. The number of amides is 1. The molecule has 0 unspecified atom stereocenters. The number of aliphatic carboxylic acids is 1. The summed E-state index contributed by atoms with van der Waals surface area (Å²) in [4.78, 5) is 22.8. The monoisotopic (exact) mass is 285 g/mol. The second-order valence-corrected chi connectivity index (χ2v) is 5.11. The Kier molecular flexibility index (Phi) is 3.43. The minimum Gasteiger partial charge on any atom is -0.480 e. The van der Waals surface area contributed by atoms with E-state index in [0.717, 1.165) is 19.3 Å². The minimum absolute atomic E-state index is 0.209. The molecule has 0 saturated carbocycles. The fourth-order valence-electron chi connectivity index (χ4n) is 2.57. The summed E-state index contributed by atoms with van der Waals surface area (Å²) >= 11 is 0. The highest BCUT2D eigenvalue weighted by Gasteiger charge is 2.14. The summed E-state index contributed by atoms with van der Waals surface area (Å²) in [5.74, 6) is -1.19. The Morgan fingerprint density at radius 1 is 1.29 bits per heavy atom. The number of aryl methyl sites for hydroxylation is 2. The molecule has 0 saturated heterocycles. The smallest absolute Gasteiger partial charge is 0.325 e. The van der Waals surface area contributed by atoms with E-state index >= 15 is 0 Å². The van der Waals surface area contributed by atoms with Crippen LogP contribution in [0.3, 0.4) is 0 Å². The average molecular weight is 285 g/mol. The number of hydrogen-bond acceptors (Lipinski definition) is 3. The molecule has 0 atom stereocenters.